The number of rotatable bonds is 4. The average Bonchev–Trinajstić information content (AvgIpc) is 2.77. The van der Waals surface area contributed by atoms with Gasteiger partial charge < -0.3 is 0 Å². The lowest BCUT2D eigenvalue weighted by atomic mass is 10.0. The van der Waals surface area contributed by atoms with Gasteiger partial charge in [0.05, 0.1) is 11.1 Å². The monoisotopic (exact) mass is 321 g/mol. The number of nitrogens with zero attached hydrogens (tertiary/aromatic N) is 1. The summed E-state index contributed by atoms with van der Waals surface area (Å²) in [6, 6.07) is 4.41. The third-order valence-corrected chi connectivity index (χ3v) is 5.78. The summed E-state index contributed by atoms with van der Waals surface area (Å²) < 4.78 is 0. The molecule has 1 unspecified atom stereocenters. The number of nitrogens with one attached hydrogen (secondary N) is 1. The van der Waals surface area contributed by atoms with Crippen LogP contribution in [0.4, 0.5) is 0 Å². The van der Waals surface area contributed by atoms with Crippen molar-refractivity contribution in [3.63, 3.8) is 0 Å². The van der Waals surface area contributed by atoms with Gasteiger partial charge in [0.15, 0.2) is 0 Å². The molecule has 0 radical (unpaired) electrons. The van der Waals surface area contributed by atoms with Crippen molar-refractivity contribution in [3.05, 3.63) is 50.4 Å². The number of aromatic nitrogens is 1. The van der Waals surface area contributed by atoms with Gasteiger partial charge in [-0.05, 0) is 55.4 Å². The molecule has 1 aliphatic carbocycles. The largest absolute Gasteiger partial charge is 0.271 e. The molecule has 0 fully saturated rings. The molecule has 3 nitrogen and oxygen atoms in total. The van der Waals surface area contributed by atoms with Crippen LogP contribution in [0.1, 0.15) is 46.2 Å². The van der Waals surface area contributed by atoms with E-state index in [2.05, 4.69) is 16.5 Å². The number of hydrazine groups is 1. The van der Waals surface area contributed by atoms with Crippen molar-refractivity contribution in [1.82, 2.24) is 10.4 Å². The van der Waals surface area contributed by atoms with Gasteiger partial charge in [0.2, 0.25) is 0 Å². The Hall–Kier alpha value is -0.940. The minimum Gasteiger partial charge on any atom is -0.271 e. The SMILES string of the molecule is NNC(Cc1ccncc1Cl)c1cc2c(s1)CCCCC2. The fourth-order valence-corrected chi connectivity index (χ4v) is 4.41. The van der Waals surface area contributed by atoms with Gasteiger partial charge in [-0.15, -0.1) is 11.3 Å². The van der Waals surface area contributed by atoms with E-state index in [4.69, 9.17) is 17.4 Å². The quantitative estimate of drug-likeness (QED) is 0.511. The van der Waals surface area contributed by atoms with Gasteiger partial charge in [-0.3, -0.25) is 16.3 Å². The van der Waals surface area contributed by atoms with Crippen LogP contribution >= 0.6 is 22.9 Å². The van der Waals surface area contributed by atoms with Gasteiger partial charge >= 0.3 is 0 Å². The van der Waals surface area contributed by atoms with Crippen molar-refractivity contribution in [2.45, 2.75) is 44.6 Å². The summed E-state index contributed by atoms with van der Waals surface area (Å²) in [4.78, 5) is 6.90. The molecule has 3 N–H and O–H groups in total. The molecule has 2 heterocycles. The van der Waals surface area contributed by atoms with Crippen LogP contribution in [0, 0.1) is 0 Å². The minimum atomic E-state index is 0.113. The highest BCUT2D eigenvalue weighted by Crippen LogP contribution is 2.33. The normalized spacial score (nSPS) is 16.3. The zero-order chi connectivity index (χ0) is 14.7. The lowest BCUT2D eigenvalue weighted by Crippen LogP contribution is -2.29. The van der Waals surface area contributed by atoms with Crippen molar-refractivity contribution in [2.75, 3.05) is 0 Å². The summed E-state index contributed by atoms with van der Waals surface area (Å²) in [5.41, 5.74) is 5.55. The van der Waals surface area contributed by atoms with Crippen molar-refractivity contribution < 1.29 is 0 Å². The van der Waals surface area contributed by atoms with Gasteiger partial charge in [-0.1, -0.05) is 18.0 Å². The summed E-state index contributed by atoms with van der Waals surface area (Å²) >= 11 is 8.11. The Morgan fingerprint density at radius 1 is 1.33 bits per heavy atom. The highest BCUT2D eigenvalue weighted by molar-refractivity contribution is 7.12. The van der Waals surface area contributed by atoms with Crippen LogP contribution in [0.25, 0.3) is 0 Å². The summed E-state index contributed by atoms with van der Waals surface area (Å²) in [6.07, 6.45) is 10.6. The lowest BCUT2D eigenvalue weighted by molar-refractivity contribution is 0.560. The Balaban J connectivity index is 1.82. The molecule has 112 valence electrons. The average molecular weight is 322 g/mol. The molecule has 1 atom stereocenters. The zero-order valence-corrected chi connectivity index (χ0v) is 13.5. The van der Waals surface area contributed by atoms with Crippen molar-refractivity contribution in [1.29, 1.82) is 0 Å². The molecular formula is C16H20ClN3S. The Labute approximate surface area is 134 Å². The molecule has 0 spiro atoms. The number of pyridine rings is 1. The Bertz CT molecular complexity index is 588. The van der Waals surface area contributed by atoms with Crippen LogP contribution < -0.4 is 11.3 Å². The van der Waals surface area contributed by atoms with Crippen molar-refractivity contribution >= 4 is 22.9 Å². The number of hydrogen-bond donors (Lipinski definition) is 2. The molecule has 2 aromatic rings. The zero-order valence-electron chi connectivity index (χ0n) is 11.9. The molecule has 0 saturated carbocycles. The van der Waals surface area contributed by atoms with E-state index in [1.165, 1.54) is 42.5 Å². The fraction of sp³-hybridized carbons (Fsp3) is 0.438. The number of thiophene rings is 1. The predicted octanol–water partition coefficient (Wildman–Crippen LogP) is 3.81. The lowest BCUT2D eigenvalue weighted by Gasteiger charge is -2.15. The van der Waals surface area contributed by atoms with E-state index in [0.29, 0.717) is 5.02 Å². The van der Waals surface area contributed by atoms with E-state index in [-0.39, 0.29) is 6.04 Å². The topological polar surface area (TPSA) is 50.9 Å². The van der Waals surface area contributed by atoms with Crippen LogP contribution in [0.5, 0.6) is 0 Å². The maximum absolute atomic E-state index is 6.21. The number of fused-ring (bicyclic) bond motifs is 1. The van der Waals surface area contributed by atoms with Gasteiger partial charge in [-0.25, -0.2) is 0 Å². The third-order valence-electron chi connectivity index (χ3n) is 4.09. The molecule has 0 bridgehead atoms. The summed E-state index contributed by atoms with van der Waals surface area (Å²) in [6.45, 7) is 0. The second-order valence-electron chi connectivity index (χ2n) is 5.55. The van der Waals surface area contributed by atoms with E-state index in [0.717, 1.165) is 12.0 Å². The molecule has 1 aliphatic rings. The molecule has 5 heteroatoms. The number of hydrogen-bond acceptors (Lipinski definition) is 4. The first kappa shape index (κ1) is 15.0. The van der Waals surface area contributed by atoms with Crippen LogP contribution in [0.15, 0.2) is 24.5 Å². The fourth-order valence-electron chi connectivity index (χ4n) is 2.89. The molecule has 0 aromatic carbocycles. The Morgan fingerprint density at radius 3 is 3.00 bits per heavy atom. The van der Waals surface area contributed by atoms with Crippen LogP contribution in [-0.4, -0.2) is 4.98 Å². The predicted molar refractivity (Wildman–Crippen MR) is 88.6 cm³/mol. The highest BCUT2D eigenvalue weighted by atomic mass is 35.5. The Kier molecular flexibility index (Phi) is 4.91. The molecule has 3 rings (SSSR count). The summed E-state index contributed by atoms with van der Waals surface area (Å²) in [5.74, 6) is 5.79. The maximum atomic E-state index is 6.21. The van der Waals surface area contributed by atoms with Crippen molar-refractivity contribution in [2.24, 2.45) is 5.84 Å². The van der Waals surface area contributed by atoms with Gasteiger partial charge in [0.1, 0.15) is 0 Å². The molecule has 0 amide bonds. The van der Waals surface area contributed by atoms with Crippen LogP contribution in [-0.2, 0) is 19.3 Å². The van der Waals surface area contributed by atoms with E-state index in [1.54, 1.807) is 17.3 Å². The highest BCUT2D eigenvalue weighted by Gasteiger charge is 2.19. The van der Waals surface area contributed by atoms with E-state index in [1.807, 2.05) is 17.4 Å². The van der Waals surface area contributed by atoms with Crippen LogP contribution in [0.3, 0.4) is 0 Å². The summed E-state index contributed by atoms with van der Waals surface area (Å²) in [7, 11) is 0. The molecule has 0 aliphatic heterocycles. The van der Waals surface area contributed by atoms with Gasteiger partial charge in [-0.2, -0.15) is 0 Å². The summed E-state index contributed by atoms with van der Waals surface area (Å²) in [5, 5.41) is 0.705. The molecular weight excluding hydrogens is 302 g/mol. The number of halogens is 1. The molecule has 0 saturated heterocycles. The standard InChI is InChI=1S/C16H20ClN3S/c17-13-10-19-7-6-11(13)8-14(20-18)16-9-12-4-2-1-3-5-15(12)21-16/h6-7,9-10,14,20H,1-5,8,18H2. The van der Waals surface area contributed by atoms with E-state index >= 15 is 0 Å². The first-order valence-electron chi connectivity index (χ1n) is 7.44. The molecule has 2 aromatic heterocycles. The van der Waals surface area contributed by atoms with E-state index in [9.17, 15) is 0 Å². The minimum absolute atomic E-state index is 0.113. The van der Waals surface area contributed by atoms with E-state index < -0.39 is 0 Å². The number of nitrogens with two attached hydrogens (primary N) is 1. The Morgan fingerprint density at radius 2 is 2.19 bits per heavy atom. The first-order chi connectivity index (χ1) is 10.3. The van der Waals surface area contributed by atoms with Gasteiger partial charge in [0, 0.05) is 22.1 Å². The second-order valence-corrected chi connectivity index (χ2v) is 7.12. The van der Waals surface area contributed by atoms with Crippen LogP contribution in [0.2, 0.25) is 5.02 Å². The van der Waals surface area contributed by atoms with Gasteiger partial charge in [0.25, 0.3) is 0 Å². The second kappa shape index (κ2) is 6.88. The third kappa shape index (κ3) is 3.46. The first-order valence-corrected chi connectivity index (χ1v) is 8.63. The maximum Gasteiger partial charge on any atom is 0.0622 e. The molecule has 21 heavy (non-hydrogen) atoms. The smallest absolute Gasteiger partial charge is 0.0622 e. The van der Waals surface area contributed by atoms with Crippen molar-refractivity contribution in [3.8, 4) is 0 Å². The number of aryl methyl sites for hydroxylation is 2.